The molecule has 1 unspecified atom stereocenters. The number of para-hydroxylation sites is 2. The van der Waals surface area contributed by atoms with Crippen LogP contribution in [0.3, 0.4) is 0 Å². The minimum Gasteiger partial charge on any atom is -0.487 e. The second-order valence-corrected chi connectivity index (χ2v) is 6.60. The van der Waals surface area contributed by atoms with E-state index in [1.165, 1.54) is 5.56 Å². The molecule has 0 aliphatic carbocycles. The van der Waals surface area contributed by atoms with Crippen LogP contribution in [0.5, 0.6) is 11.5 Å². The molecule has 1 aliphatic rings. The summed E-state index contributed by atoms with van der Waals surface area (Å²) in [6.07, 6.45) is 0.0199. The molecule has 0 amide bonds. The highest BCUT2D eigenvalue weighted by molar-refractivity contribution is 6.30. The number of nitrogens with zero attached hydrogens (tertiary/aromatic N) is 1. The van der Waals surface area contributed by atoms with Crippen LogP contribution < -0.4 is 9.47 Å². The smallest absolute Gasteiger partial charge is 0.188 e. The number of ether oxygens (including phenoxy) is 4. The first-order chi connectivity index (χ1) is 12.7. The summed E-state index contributed by atoms with van der Waals surface area (Å²) in [7, 11) is 1.59. The van der Waals surface area contributed by atoms with E-state index in [-0.39, 0.29) is 12.9 Å². The third kappa shape index (κ3) is 5.61. The highest BCUT2D eigenvalue weighted by Crippen LogP contribution is 2.27. The molecule has 0 saturated carbocycles. The first-order valence-corrected chi connectivity index (χ1v) is 9.04. The van der Waals surface area contributed by atoms with Crippen LogP contribution in [0.4, 0.5) is 0 Å². The Labute approximate surface area is 159 Å². The molecule has 1 heterocycles. The Morgan fingerprint density at radius 2 is 1.81 bits per heavy atom. The summed E-state index contributed by atoms with van der Waals surface area (Å²) in [4.78, 5) is 2.37. The summed E-state index contributed by atoms with van der Waals surface area (Å²) in [5, 5.41) is 0.761. The zero-order valence-corrected chi connectivity index (χ0v) is 15.7. The molecule has 140 valence electrons. The molecule has 1 atom stereocenters. The zero-order chi connectivity index (χ0) is 18.2. The Hall–Kier alpha value is -1.79. The van der Waals surface area contributed by atoms with Crippen LogP contribution in [-0.2, 0) is 16.0 Å². The van der Waals surface area contributed by atoms with Gasteiger partial charge in [-0.1, -0.05) is 35.9 Å². The van der Waals surface area contributed by atoms with Crippen LogP contribution in [0.15, 0.2) is 48.5 Å². The lowest BCUT2D eigenvalue weighted by Gasteiger charge is -2.32. The Bertz CT molecular complexity index is 680. The van der Waals surface area contributed by atoms with Gasteiger partial charge in [0.15, 0.2) is 18.3 Å². The zero-order valence-electron chi connectivity index (χ0n) is 14.9. The van der Waals surface area contributed by atoms with Crippen molar-refractivity contribution in [2.45, 2.75) is 12.6 Å². The lowest BCUT2D eigenvalue weighted by atomic mass is 10.2. The van der Waals surface area contributed by atoms with Crippen LogP contribution in [-0.4, -0.2) is 51.2 Å². The van der Waals surface area contributed by atoms with Gasteiger partial charge in [0.1, 0.15) is 12.7 Å². The van der Waals surface area contributed by atoms with Crippen molar-refractivity contribution in [3.63, 3.8) is 0 Å². The second kappa shape index (κ2) is 9.78. The molecular formula is C20H24ClNO4. The molecule has 1 aliphatic heterocycles. The molecule has 3 rings (SSSR count). The van der Waals surface area contributed by atoms with Crippen molar-refractivity contribution in [3.05, 3.63) is 59.1 Å². The van der Waals surface area contributed by atoms with Gasteiger partial charge >= 0.3 is 0 Å². The summed E-state index contributed by atoms with van der Waals surface area (Å²) in [5.74, 6) is 1.37. The van der Waals surface area contributed by atoms with Gasteiger partial charge in [0, 0.05) is 31.8 Å². The number of hydrogen-bond donors (Lipinski definition) is 0. The van der Waals surface area contributed by atoms with Crippen LogP contribution in [0.1, 0.15) is 5.56 Å². The van der Waals surface area contributed by atoms with Crippen LogP contribution >= 0.6 is 11.6 Å². The maximum absolute atomic E-state index is 5.95. The number of methoxy groups -OCH3 is 1. The van der Waals surface area contributed by atoms with E-state index < -0.39 is 0 Å². The minimum atomic E-state index is 0.0199. The fourth-order valence-corrected chi connectivity index (χ4v) is 2.99. The van der Waals surface area contributed by atoms with Crippen molar-refractivity contribution in [2.24, 2.45) is 0 Å². The fourth-order valence-electron chi connectivity index (χ4n) is 2.87. The van der Waals surface area contributed by atoms with E-state index in [4.69, 9.17) is 30.5 Å². The van der Waals surface area contributed by atoms with Gasteiger partial charge in [0.2, 0.25) is 0 Å². The minimum absolute atomic E-state index is 0.0199. The molecule has 2 aromatic rings. The predicted molar refractivity (Wildman–Crippen MR) is 101 cm³/mol. The molecule has 5 nitrogen and oxygen atoms in total. The van der Waals surface area contributed by atoms with Crippen molar-refractivity contribution in [1.82, 2.24) is 4.90 Å². The molecule has 0 bridgehead atoms. The van der Waals surface area contributed by atoms with E-state index in [1.54, 1.807) is 7.11 Å². The Morgan fingerprint density at radius 3 is 2.54 bits per heavy atom. The molecule has 0 spiro atoms. The lowest BCUT2D eigenvalue weighted by molar-refractivity contribution is -0.0510. The van der Waals surface area contributed by atoms with Crippen LogP contribution in [0, 0.1) is 0 Å². The van der Waals surface area contributed by atoms with Gasteiger partial charge in [-0.3, -0.25) is 4.90 Å². The van der Waals surface area contributed by atoms with Crippen molar-refractivity contribution in [3.8, 4) is 11.5 Å². The number of hydrogen-bond acceptors (Lipinski definition) is 5. The molecule has 26 heavy (non-hydrogen) atoms. The van der Waals surface area contributed by atoms with Gasteiger partial charge in [-0.25, -0.2) is 0 Å². The summed E-state index contributed by atoms with van der Waals surface area (Å²) >= 11 is 5.95. The highest BCUT2D eigenvalue weighted by Gasteiger charge is 2.21. The number of halogens is 1. The number of morpholine rings is 1. The van der Waals surface area contributed by atoms with Gasteiger partial charge in [0.05, 0.1) is 6.61 Å². The van der Waals surface area contributed by atoms with E-state index in [0.717, 1.165) is 24.7 Å². The van der Waals surface area contributed by atoms with Crippen LogP contribution in [0.25, 0.3) is 0 Å². The third-order valence-electron chi connectivity index (χ3n) is 4.15. The highest BCUT2D eigenvalue weighted by atomic mass is 35.5. The topological polar surface area (TPSA) is 40.2 Å². The van der Waals surface area contributed by atoms with Gasteiger partial charge in [-0.05, 0) is 29.8 Å². The Balaban J connectivity index is 1.51. The number of benzene rings is 2. The summed E-state index contributed by atoms with van der Waals surface area (Å²) in [5.41, 5.74) is 1.24. The standard InChI is InChI=1S/C20H24ClNO4/c1-23-15-26-20-5-3-2-4-19(20)25-14-18-13-22(10-11-24-18)12-16-6-8-17(21)9-7-16/h2-9,18H,10-15H2,1H3. The molecule has 2 aromatic carbocycles. The fraction of sp³-hybridized carbons (Fsp3) is 0.400. The molecular weight excluding hydrogens is 354 g/mol. The third-order valence-corrected chi connectivity index (χ3v) is 4.40. The van der Waals surface area contributed by atoms with Crippen molar-refractivity contribution in [1.29, 1.82) is 0 Å². The number of rotatable bonds is 8. The van der Waals surface area contributed by atoms with Crippen molar-refractivity contribution in [2.75, 3.05) is 40.2 Å². The van der Waals surface area contributed by atoms with Gasteiger partial charge in [0.25, 0.3) is 0 Å². The predicted octanol–water partition coefficient (Wildman–Crippen LogP) is 3.60. The molecule has 1 fully saturated rings. The van der Waals surface area contributed by atoms with Crippen molar-refractivity contribution < 1.29 is 18.9 Å². The molecule has 0 N–H and O–H groups in total. The molecule has 6 heteroatoms. The van der Waals surface area contributed by atoms with Gasteiger partial charge in [-0.2, -0.15) is 0 Å². The lowest BCUT2D eigenvalue weighted by Crippen LogP contribution is -2.44. The summed E-state index contributed by atoms with van der Waals surface area (Å²) < 4.78 is 22.3. The second-order valence-electron chi connectivity index (χ2n) is 6.16. The van der Waals surface area contributed by atoms with E-state index in [1.807, 2.05) is 36.4 Å². The van der Waals surface area contributed by atoms with E-state index in [0.29, 0.717) is 24.7 Å². The van der Waals surface area contributed by atoms with E-state index in [2.05, 4.69) is 17.0 Å². The van der Waals surface area contributed by atoms with Crippen LogP contribution in [0.2, 0.25) is 5.02 Å². The average Bonchev–Trinajstić information content (AvgIpc) is 2.67. The summed E-state index contributed by atoms with van der Waals surface area (Å²) in [6, 6.07) is 15.6. The average molecular weight is 378 g/mol. The van der Waals surface area contributed by atoms with Gasteiger partial charge < -0.3 is 18.9 Å². The maximum atomic E-state index is 5.95. The summed E-state index contributed by atoms with van der Waals surface area (Å²) in [6.45, 7) is 3.98. The molecule has 0 radical (unpaired) electrons. The monoisotopic (exact) mass is 377 g/mol. The van der Waals surface area contributed by atoms with E-state index in [9.17, 15) is 0 Å². The van der Waals surface area contributed by atoms with Gasteiger partial charge in [-0.15, -0.1) is 0 Å². The first kappa shape index (κ1) is 19.0. The molecule has 0 aromatic heterocycles. The largest absolute Gasteiger partial charge is 0.487 e. The SMILES string of the molecule is COCOc1ccccc1OCC1CN(Cc2ccc(Cl)cc2)CCO1. The quantitative estimate of drug-likeness (QED) is 0.657. The normalized spacial score (nSPS) is 17.8. The van der Waals surface area contributed by atoms with Crippen molar-refractivity contribution >= 4 is 11.6 Å². The first-order valence-electron chi connectivity index (χ1n) is 8.66. The maximum Gasteiger partial charge on any atom is 0.188 e. The molecule has 1 saturated heterocycles. The Kier molecular flexibility index (Phi) is 7.14. The van der Waals surface area contributed by atoms with E-state index >= 15 is 0 Å². The Morgan fingerprint density at radius 1 is 1.08 bits per heavy atom.